The van der Waals surface area contributed by atoms with E-state index in [1.807, 2.05) is 35.8 Å². The summed E-state index contributed by atoms with van der Waals surface area (Å²) in [5.74, 6) is 2.26. The van der Waals surface area contributed by atoms with Crippen LogP contribution in [0.4, 0.5) is 0 Å². The summed E-state index contributed by atoms with van der Waals surface area (Å²) in [4.78, 5) is 0. The summed E-state index contributed by atoms with van der Waals surface area (Å²) < 4.78 is 7.39. The van der Waals surface area contributed by atoms with Crippen LogP contribution < -0.4 is 0 Å². The highest BCUT2D eigenvalue weighted by molar-refractivity contribution is 7.98. The molecule has 0 amide bonds. The molecular weight excluding hydrogens is 365 g/mol. The quantitative estimate of drug-likeness (QED) is 0.411. The number of furan rings is 1. The molecule has 0 unspecified atom stereocenters. The summed E-state index contributed by atoms with van der Waals surface area (Å²) in [6.45, 7) is 6.34. The minimum Gasteiger partial charge on any atom is -0.469 e. The Labute approximate surface area is 154 Å². The second-order valence-electron chi connectivity index (χ2n) is 5.12. The first-order valence-electron chi connectivity index (χ1n) is 7.25. The molecule has 3 rings (SSSR count). The van der Waals surface area contributed by atoms with E-state index in [9.17, 15) is 0 Å². The van der Waals surface area contributed by atoms with Crippen LogP contribution in [0.3, 0.4) is 0 Å². The summed E-state index contributed by atoms with van der Waals surface area (Å²) in [5, 5.41) is 10.7. The molecule has 1 aromatic carbocycles. The molecule has 0 saturated heterocycles. The number of allylic oxidation sites excluding steroid dienone is 1. The lowest BCUT2D eigenvalue weighted by Crippen LogP contribution is -2.01. The van der Waals surface area contributed by atoms with Crippen LogP contribution in [0, 0.1) is 6.92 Å². The Morgan fingerprint density at radius 2 is 2.12 bits per heavy atom. The zero-order chi connectivity index (χ0) is 17.1. The second-order valence-corrected chi connectivity index (χ2v) is 6.91. The van der Waals surface area contributed by atoms with Crippen molar-refractivity contribution >= 4 is 35.0 Å². The van der Waals surface area contributed by atoms with Crippen molar-refractivity contribution in [1.29, 1.82) is 0 Å². The van der Waals surface area contributed by atoms with Crippen LogP contribution in [0.5, 0.6) is 0 Å². The maximum absolute atomic E-state index is 6.23. The van der Waals surface area contributed by atoms with Crippen LogP contribution in [0.1, 0.15) is 11.3 Å². The van der Waals surface area contributed by atoms with Crippen LogP contribution in [0.25, 0.3) is 11.4 Å². The van der Waals surface area contributed by atoms with Crippen LogP contribution in [-0.4, -0.2) is 14.8 Å². The van der Waals surface area contributed by atoms with Gasteiger partial charge in [-0.25, -0.2) is 0 Å². The smallest absolute Gasteiger partial charge is 0.192 e. The summed E-state index contributed by atoms with van der Waals surface area (Å²) in [6.07, 6.45) is 3.47. The Balaban J connectivity index is 1.87. The predicted molar refractivity (Wildman–Crippen MR) is 98.7 cm³/mol. The average Bonchev–Trinajstić information content (AvgIpc) is 3.13. The number of aryl methyl sites for hydroxylation is 1. The fraction of sp³-hybridized carbons (Fsp3) is 0.176. The lowest BCUT2D eigenvalue weighted by Gasteiger charge is -2.08. The number of halogens is 2. The number of benzene rings is 1. The summed E-state index contributed by atoms with van der Waals surface area (Å²) in [5.41, 5.74) is 1.93. The fourth-order valence-electron chi connectivity index (χ4n) is 2.29. The number of nitrogens with zero attached hydrogens (tertiary/aromatic N) is 3. The lowest BCUT2D eigenvalue weighted by molar-refractivity contribution is 0.534. The van der Waals surface area contributed by atoms with Gasteiger partial charge in [-0.2, -0.15) is 0 Å². The van der Waals surface area contributed by atoms with Crippen molar-refractivity contribution in [2.45, 2.75) is 24.4 Å². The highest BCUT2D eigenvalue weighted by atomic mass is 35.5. The van der Waals surface area contributed by atoms with E-state index in [0.717, 1.165) is 27.9 Å². The zero-order valence-corrected chi connectivity index (χ0v) is 15.3. The maximum atomic E-state index is 6.23. The van der Waals surface area contributed by atoms with Gasteiger partial charge in [0.1, 0.15) is 5.76 Å². The van der Waals surface area contributed by atoms with Gasteiger partial charge >= 0.3 is 0 Å². The van der Waals surface area contributed by atoms with E-state index in [1.54, 1.807) is 24.1 Å². The molecule has 0 aliphatic rings. The number of hydrogen-bond donors (Lipinski definition) is 0. The Hall–Kier alpha value is -1.69. The van der Waals surface area contributed by atoms with Gasteiger partial charge in [-0.3, -0.25) is 4.57 Å². The van der Waals surface area contributed by atoms with Crippen molar-refractivity contribution in [3.63, 3.8) is 0 Å². The standard InChI is InChI=1S/C17H15Cl2N3OS/c1-3-7-22-16(14-6-8-23-11(14)2)20-21-17(22)24-10-12-4-5-13(18)9-15(12)19/h3-6,8-9H,1,7,10H2,2H3. The van der Waals surface area contributed by atoms with Gasteiger partial charge in [0, 0.05) is 22.3 Å². The van der Waals surface area contributed by atoms with Gasteiger partial charge in [-0.05, 0) is 30.7 Å². The van der Waals surface area contributed by atoms with Crippen molar-refractivity contribution in [3.05, 3.63) is 64.6 Å². The topological polar surface area (TPSA) is 43.9 Å². The van der Waals surface area contributed by atoms with Gasteiger partial charge in [0.25, 0.3) is 0 Å². The monoisotopic (exact) mass is 379 g/mol. The van der Waals surface area contributed by atoms with E-state index >= 15 is 0 Å². The molecule has 2 aromatic heterocycles. The molecule has 0 spiro atoms. The van der Waals surface area contributed by atoms with Gasteiger partial charge in [-0.1, -0.05) is 47.1 Å². The molecule has 0 N–H and O–H groups in total. The van der Waals surface area contributed by atoms with Gasteiger partial charge in [0.05, 0.1) is 11.8 Å². The Morgan fingerprint density at radius 1 is 1.29 bits per heavy atom. The number of hydrogen-bond acceptors (Lipinski definition) is 4. The first-order valence-corrected chi connectivity index (χ1v) is 8.99. The van der Waals surface area contributed by atoms with E-state index in [-0.39, 0.29) is 0 Å². The van der Waals surface area contributed by atoms with Gasteiger partial charge in [0.15, 0.2) is 11.0 Å². The summed E-state index contributed by atoms with van der Waals surface area (Å²) >= 11 is 13.7. The fourth-order valence-corrected chi connectivity index (χ4v) is 3.79. The third kappa shape index (κ3) is 3.53. The molecule has 0 aliphatic heterocycles. The summed E-state index contributed by atoms with van der Waals surface area (Å²) in [7, 11) is 0. The third-order valence-corrected chi connectivity index (χ3v) is 5.10. The van der Waals surface area contributed by atoms with Crippen molar-refractivity contribution in [2.24, 2.45) is 0 Å². The first-order chi connectivity index (χ1) is 11.6. The minimum atomic E-state index is 0.615. The number of thioether (sulfide) groups is 1. The lowest BCUT2D eigenvalue weighted by atomic mass is 10.2. The average molecular weight is 380 g/mol. The largest absolute Gasteiger partial charge is 0.469 e. The van der Waals surface area contributed by atoms with Crippen molar-refractivity contribution < 1.29 is 4.42 Å². The SMILES string of the molecule is C=CCn1c(SCc2ccc(Cl)cc2Cl)nnc1-c1ccoc1C. The molecular formula is C17H15Cl2N3OS. The van der Waals surface area contributed by atoms with E-state index < -0.39 is 0 Å². The minimum absolute atomic E-state index is 0.615. The molecule has 3 aromatic rings. The Morgan fingerprint density at radius 3 is 2.79 bits per heavy atom. The second kappa shape index (κ2) is 7.47. The molecule has 4 nitrogen and oxygen atoms in total. The van der Waals surface area contributed by atoms with Crippen LogP contribution >= 0.6 is 35.0 Å². The molecule has 7 heteroatoms. The molecule has 0 radical (unpaired) electrons. The van der Waals surface area contributed by atoms with E-state index in [4.69, 9.17) is 27.6 Å². The molecule has 24 heavy (non-hydrogen) atoms. The van der Waals surface area contributed by atoms with Gasteiger partial charge in [-0.15, -0.1) is 16.8 Å². The third-order valence-electron chi connectivity index (χ3n) is 3.50. The highest BCUT2D eigenvalue weighted by Gasteiger charge is 2.17. The van der Waals surface area contributed by atoms with Crippen molar-refractivity contribution in [1.82, 2.24) is 14.8 Å². The highest BCUT2D eigenvalue weighted by Crippen LogP contribution is 2.31. The van der Waals surface area contributed by atoms with Crippen molar-refractivity contribution in [2.75, 3.05) is 0 Å². The predicted octanol–water partition coefficient (Wildman–Crippen LogP) is 5.63. The molecule has 0 atom stereocenters. The van der Waals surface area contributed by atoms with Crippen molar-refractivity contribution in [3.8, 4) is 11.4 Å². The molecule has 0 saturated carbocycles. The van der Waals surface area contributed by atoms with E-state index in [1.165, 1.54) is 0 Å². The maximum Gasteiger partial charge on any atom is 0.192 e. The van der Waals surface area contributed by atoms with Gasteiger partial charge in [0.2, 0.25) is 0 Å². The molecule has 124 valence electrons. The first kappa shape index (κ1) is 17.1. The Kier molecular flexibility index (Phi) is 5.33. The van der Waals surface area contributed by atoms with Crippen LogP contribution in [0.15, 0.2) is 52.8 Å². The number of aromatic nitrogens is 3. The van der Waals surface area contributed by atoms with Gasteiger partial charge < -0.3 is 4.42 Å². The normalized spacial score (nSPS) is 11.0. The molecule has 2 heterocycles. The zero-order valence-electron chi connectivity index (χ0n) is 13.0. The van der Waals surface area contributed by atoms with E-state index in [2.05, 4.69) is 16.8 Å². The van der Waals surface area contributed by atoms with Crippen LogP contribution in [-0.2, 0) is 12.3 Å². The summed E-state index contributed by atoms with van der Waals surface area (Å²) in [6, 6.07) is 7.39. The molecule has 0 bridgehead atoms. The number of rotatable bonds is 6. The molecule has 0 aliphatic carbocycles. The Bertz CT molecular complexity index is 873. The van der Waals surface area contributed by atoms with Crippen LogP contribution in [0.2, 0.25) is 10.0 Å². The van der Waals surface area contributed by atoms with E-state index in [0.29, 0.717) is 22.3 Å². The molecule has 0 fully saturated rings.